The van der Waals surface area contributed by atoms with Gasteiger partial charge in [-0.25, -0.2) is 13.2 Å². The Balaban J connectivity index is 3.14. The number of nitrogens with one attached hydrogen (secondary N) is 1. The molecule has 134 valence electrons. The number of rotatable bonds is 7. The molecule has 1 unspecified atom stereocenters. The molecule has 0 radical (unpaired) electrons. The number of hydrogen-bond acceptors (Lipinski definition) is 4. The van der Waals surface area contributed by atoms with Crippen molar-refractivity contribution >= 4 is 21.7 Å². The Kier molecular flexibility index (Phi) is 6.35. The molecular formula is C14H16F3NO5S. The van der Waals surface area contributed by atoms with Crippen molar-refractivity contribution in [1.29, 1.82) is 0 Å². The van der Waals surface area contributed by atoms with E-state index in [9.17, 15) is 31.2 Å². The number of benzene rings is 1. The minimum Gasteiger partial charge on any atom is -0.480 e. The summed E-state index contributed by atoms with van der Waals surface area (Å²) in [5.41, 5.74) is -0.389. The summed E-state index contributed by atoms with van der Waals surface area (Å²) in [5, 5.41) is 10.5. The number of carbonyl (C=O) groups excluding carboxylic acids is 1. The van der Waals surface area contributed by atoms with Crippen molar-refractivity contribution in [3.05, 3.63) is 29.8 Å². The molecule has 1 atom stereocenters. The van der Waals surface area contributed by atoms with Gasteiger partial charge in [0.15, 0.2) is 9.84 Å². The molecular weight excluding hydrogens is 351 g/mol. The highest BCUT2D eigenvalue weighted by Gasteiger charge is 2.37. The molecule has 24 heavy (non-hydrogen) atoms. The summed E-state index contributed by atoms with van der Waals surface area (Å²) in [6.45, 7) is 1.62. The number of amides is 1. The quantitative estimate of drug-likeness (QED) is 0.768. The van der Waals surface area contributed by atoms with Crippen LogP contribution in [0.5, 0.6) is 0 Å². The van der Waals surface area contributed by atoms with E-state index in [1.807, 2.05) is 0 Å². The first-order valence-electron chi connectivity index (χ1n) is 6.90. The standard InChI is InChI=1S/C14H16F3NO5S/c1-2-7-24(22,23)11-6-4-3-5-9(11)12(19)18-10(13(20)21)8-14(15,16)17/h3-6,10H,2,7-8H2,1H3,(H,18,19)(H,20,21). The molecule has 1 aromatic rings. The normalized spacial score (nSPS) is 13.3. The Labute approximate surface area is 136 Å². The third kappa shape index (κ3) is 5.52. The van der Waals surface area contributed by atoms with Crippen LogP contribution in [-0.4, -0.2) is 43.4 Å². The zero-order chi connectivity index (χ0) is 18.5. The Morgan fingerprint density at radius 2 is 1.83 bits per heavy atom. The van der Waals surface area contributed by atoms with Crippen LogP contribution in [0.2, 0.25) is 0 Å². The topological polar surface area (TPSA) is 101 Å². The van der Waals surface area contributed by atoms with Crippen LogP contribution < -0.4 is 5.32 Å². The average molecular weight is 367 g/mol. The lowest BCUT2D eigenvalue weighted by Gasteiger charge is -2.17. The van der Waals surface area contributed by atoms with Crippen LogP contribution in [0.15, 0.2) is 29.2 Å². The molecule has 0 spiro atoms. The van der Waals surface area contributed by atoms with Gasteiger partial charge in [-0.2, -0.15) is 13.2 Å². The van der Waals surface area contributed by atoms with Gasteiger partial charge in [0.05, 0.1) is 22.6 Å². The fourth-order valence-corrected chi connectivity index (χ4v) is 3.51. The maximum Gasteiger partial charge on any atom is 0.391 e. The number of hydrogen-bond donors (Lipinski definition) is 2. The van der Waals surface area contributed by atoms with Crippen LogP contribution in [0.25, 0.3) is 0 Å². The number of carbonyl (C=O) groups is 2. The van der Waals surface area contributed by atoms with Gasteiger partial charge in [0.2, 0.25) is 0 Å². The highest BCUT2D eigenvalue weighted by molar-refractivity contribution is 7.91. The van der Waals surface area contributed by atoms with E-state index in [2.05, 4.69) is 0 Å². The van der Waals surface area contributed by atoms with E-state index in [1.54, 1.807) is 12.2 Å². The molecule has 0 fully saturated rings. The Morgan fingerprint density at radius 1 is 1.25 bits per heavy atom. The van der Waals surface area contributed by atoms with Crippen LogP contribution >= 0.6 is 0 Å². The van der Waals surface area contributed by atoms with Crippen molar-refractivity contribution in [1.82, 2.24) is 5.32 Å². The SMILES string of the molecule is CCCS(=O)(=O)c1ccccc1C(=O)NC(CC(F)(F)F)C(=O)O. The van der Waals surface area contributed by atoms with Crippen LogP contribution in [0.3, 0.4) is 0 Å². The Morgan fingerprint density at radius 3 is 2.33 bits per heavy atom. The minimum atomic E-state index is -4.80. The van der Waals surface area contributed by atoms with Gasteiger partial charge in [0, 0.05) is 0 Å². The lowest BCUT2D eigenvalue weighted by atomic mass is 10.1. The van der Waals surface area contributed by atoms with Crippen molar-refractivity contribution in [2.75, 3.05) is 5.75 Å². The van der Waals surface area contributed by atoms with E-state index in [4.69, 9.17) is 5.11 Å². The number of carboxylic acids is 1. The molecule has 0 aliphatic carbocycles. The van der Waals surface area contributed by atoms with Gasteiger partial charge >= 0.3 is 12.1 Å². The van der Waals surface area contributed by atoms with E-state index in [1.165, 1.54) is 12.1 Å². The van der Waals surface area contributed by atoms with Crippen LogP contribution in [0.4, 0.5) is 13.2 Å². The smallest absolute Gasteiger partial charge is 0.391 e. The molecule has 1 amide bonds. The van der Waals surface area contributed by atoms with Gasteiger partial charge in [0.1, 0.15) is 6.04 Å². The van der Waals surface area contributed by atoms with E-state index < -0.39 is 40.4 Å². The number of carboxylic acid groups (broad SMARTS) is 1. The maximum absolute atomic E-state index is 12.4. The van der Waals surface area contributed by atoms with Crippen molar-refractivity contribution in [2.45, 2.75) is 36.9 Å². The molecule has 0 aromatic heterocycles. The monoisotopic (exact) mass is 367 g/mol. The first kappa shape index (κ1) is 19.9. The lowest BCUT2D eigenvalue weighted by molar-refractivity contribution is -0.157. The zero-order valence-corrected chi connectivity index (χ0v) is 13.4. The summed E-state index contributed by atoms with van der Waals surface area (Å²) in [7, 11) is -3.81. The molecule has 0 bridgehead atoms. The van der Waals surface area contributed by atoms with E-state index in [0.29, 0.717) is 0 Å². The summed E-state index contributed by atoms with van der Waals surface area (Å²) < 4.78 is 61.4. The van der Waals surface area contributed by atoms with E-state index >= 15 is 0 Å². The van der Waals surface area contributed by atoms with Crippen molar-refractivity contribution in [2.24, 2.45) is 0 Å². The van der Waals surface area contributed by atoms with Crippen molar-refractivity contribution < 1.29 is 36.3 Å². The Hall–Kier alpha value is -2.10. The molecule has 2 N–H and O–H groups in total. The number of aliphatic carboxylic acids is 1. The summed E-state index contributed by atoms with van der Waals surface area (Å²) in [6.07, 6.45) is -6.29. The van der Waals surface area contributed by atoms with Crippen LogP contribution in [-0.2, 0) is 14.6 Å². The van der Waals surface area contributed by atoms with E-state index in [-0.39, 0.29) is 22.6 Å². The molecule has 0 saturated carbocycles. The summed E-state index contributed by atoms with van der Waals surface area (Å²) in [5.74, 6) is -3.31. The molecule has 10 heteroatoms. The maximum atomic E-state index is 12.4. The van der Waals surface area contributed by atoms with Crippen molar-refractivity contribution in [3.63, 3.8) is 0 Å². The highest BCUT2D eigenvalue weighted by Crippen LogP contribution is 2.23. The second-order valence-corrected chi connectivity index (χ2v) is 7.08. The summed E-state index contributed by atoms with van der Waals surface area (Å²) in [4.78, 5) is 22.7. The Bertz CT molecular complexity index is 715. The fraction of sp³-hybridized carbons (Fsp3) is 0.429. The van der Waals surface area contributed by atoms with Gasteiger partial charge in [-0.05, 0) is 18.6 Å². The molecule has 0 saturated heterocycles. The molecule has 0 aliphatic heterocycles. The van der Waals surface area contributed by atoms with Crippen LogP contribution in [0, 0.1) is 0 Å². The van der Waals surface area contributed by atoms with Gasteiger partial charge in [-0.15, -0.1) is 0 Å². The van der Waals surface area contributed by atoms with Crippen molar-refractivity contribution in [3.8, 4) is 0 Å². The van der Waals surface area contributed by atoms with E-state index in [0.717, 1.165) is 12.1 Å². The number of sulfone groups is 1. The second kappa shape index (κ2) is 7.65. The zero-order valence-electron chi connectivity index (χ0n) is 12.6. The average Bonchev–Trinajstić information content (AvgIpc) is 2.45. The van der Waals surface area contributed by atoms with Gasteiger partial charge in [-0.3, -0.25) is 4.79 Å². The minimum absolute atomic E-state index is 0.248. The third-order valence-corrected chi connectivity index (χ3v) is 4.95. The largest absolute Gasteiger partial charge is 0.480 e. The van der Waals surface area contributed by atoms with Gasteiger partial charge in [0.25, 0.3) is 5.91 Å². The lowest BCUT2D eigenvalue weighted by Crippen LogP contribution is -2.44. The number of alkyl halides is 3. The fourth-order valence-electron chi connectivity index (χ4n) is 1.97. The predicted octanol–water partition coefficient (Wildman–Crippen LogP) is 2.01. The predicted molar refractivity (Wildman–Crippen MR) is 78.3 cm³/mol. The molecule has 1 aromatic carbocycles. The first-order valence-corrected chi connectivity index (χ1v) is 8.55. The first-order chi connectivity index (χ1) is 11.0. The number of halogens is 3. The molecule has 6 nitrogen and oxygen atoms in total. The third-order valence-electron chi connectivity index (χ3n) is 2.98. The highest BCUT2D eigenvalue weighted by atomic mass is 32.2. The summed E-state index contributed by atoms with van der Waals surface area (Å²) >= 11 is 0. The van der Waals surface area contributed by atoms with Gasteiger partial charge < -0.3 is 10.4 Å². The van der Waals surface area contributed by atoms with Crippen LogP contribution in [0.1, 0.15) is 30.1 Å². The molecule has 0 heterocycles. The molecule has 1 rings (SSSR count). The summed E-state index contributed by atoms with van der Waals surface area (Å²) in [6, 6.07) is 2.76. The molecule has 0 aliphatic rings. The second-order valence-electron chi connectivity index (χ2n) is 5.00. The van der Waals surface area contributed by atoms with Gasteiger partial charge in [-0.1, -0.05) is 19.1 Å².